The third kappa shape index (κ3) is 2.84. The molecule has 0 aromatic carbocycles. The predicted octanol–water partition coefficient (Wildman–Crippen LogP) is 4.19. The molecule has 0 radical (unpaired) electrons. The Morgan fingerprint density at radius 3 is 2.43 bits per heavy atom. The normalized spacial score (nSPS) is 30.2. The van der Waals surface area contributed by atoms with Gasteiger partial charge in [0.2, 0.25) is 0 Å². The molecule has 2 aliphatic carbocycles. The van der Waals surface area contributed by atoms with E-state index in [-0.39, 0.29) is 18.4 Å². The van der Waals surface area contributed by atoms with Gasteiger partial charge in [-0.05, 0) is 58.4 Å². The van der Waals surface area contributed by atoms with Gasteiger partial charge in [-0.15, -0.1) is 11.3 Å². The van der Waals surface area contributed by atoms with Crippen molar-refractivity contribution < 1.29 is 13.2 Å². The minimum Gasteiger partial charge on any atom is -0.308 e. The average molecular weight is 318 g/mol. The summed E-state index contributed by atoms with van der Waals surface area (Å²) in [5.41, 5.74) is 0.845. The number of rotatable bonds is 2. The molecule has 1 aromatic heterocycles. The van der Waals surface area contributed by atoms with E-state index in [9.17, 15) is 13.2 Å². The van der Waals surface area contributed by atoms with Crippen molar-refractivity contribution in [3.05, 3.63) is 15.6 Å². The second-order valence-corrected chi connectivity index (χ2v) is 7.33. The van der Waals surface area contributed by atoms with Gasteiger partial charge in [-0.1, -0.05) is 0 Å². The number of nitrogens with one attached hydrogen (secondary N) is 1. The summed E-state index contributed by atoms with van der Waals surface area (Å²) < 4.78 is 38.6. The van der Waals surface area contributed by atoms with Crippen molar-refractivity contribution in [2.45, 2.75) is 63.1 Å². The first-order valence-corrected chi connectivity index (χ1v) is 8.51. The largest absolute Gasteiger partial charge is 0.391 e. The van der Waals surface area contributed by atoms with E-state index in [0.717, 1.165) is 17.8 Å². The monoisotopic (exact) mass is 318 g/mol. The zero-order chi connectivity index (χ0) is 15.1. The third-order valence-electron chi connectivity index (χ3n) is 5.04. The number of aromatic nitrogens is 1. The van der Waals surface area contributed by atoms with Crippen LogP contribution in [0.25, 0.3) is 0 Å². The van der Waals surface area contributed by atoms with Crippen LogP contribution in [-0.2, 0) is 18.4 Å². The molecule has 1 N–H and O–H groups in total. The lowest BCUT2D eigenvalue weighted by Gasteiger charge is -2.39. The average Bonchev–Trinajstić information content (AvgIpc) is 2.91. The van der Waals surface area contributed by atoms with Crippen molar-refractivity contribution in [2.75, 3.05) is 7.05 Å². The number of halogens is 3. The first-order valence-electron chi connectivity index (χ1n) is 7.69. The Morgan fingerprint density at radius 1 is 1.19 bits per heavy atom. The molecular weight excluding hydrogens is 297 g/mol. The molecule has 1 heterocycles. The van der Waals surface area contributed by atoms with Gasteiger partial charge in [0.1, 0.15) is 5.01 Å². The number of nitrogens with zero attached hydrogens (tertiary/aromatic N) is 1. The summed E-state index contributed by atoms with van der Waals surface area (Å²) in [7, 11) is 1.86. The number of aryl methyl sites for hydroxylation is 2. The second-order valence-electron chi connectivity index (χ2n) is 6.24. The van der Waals surface area contributed by atoms with E-state index in [2.05, 4.69) is 5.32 Å². The summed E-state index contributed by atoms with van der Waals surface area (Å²) in [5, 5.41) is 4.31. The van der Waals surface area contributed by atoms with Gasteiger partial charge in [0.25, 0.3) is 0 Å². The van der Waals surface area contributed by atoms with Crippen LogP contribution in [0.4, 0.5) is 13.2 Å². The Labute approximate surface area is 127 Å². The number of thiazole rings is 1. The standard InChI is InChI=1S/C15H21F3N2S/c1-19-14(8-6-10(7-9-14)15(16,17)18)13-20-11-4-2-3-5-12(11)21-13/h10,19H,2-9H2,1H3. The highest BCUT2D eigenvalue weighted by molar-refractivity contribution is 7.11. The van der Waals surface area contributed by atoms with Gasteiger partial charge < -0.3 is 5.32 Å². The predicted molar refractivity (Wildman–Crippen MR) is 77.5 cm³/mol. The summed E-state index contributed by atoms with van der Waals surface area (Å²) in [6.45, 7) is 0. The molecule has 0 amide bonds. The molecule has 118 valence electrons. The number of fused-ring (bicyclic) bond motifs is 1. The quantitative estimate of drug-likeness (QED) is 0.884. The molecule has 0 bridgehead atoms. The molecule has 2 nitrogen and oxygen atoms in total. The summed E-state index contributed by atoms with van der Waals surface area (Å²) in [4.78, 5) is 6.13. The molecule has 0 unspecified atom stereocenters. The lowest BCUT2D eigenvalue weighted by atomic mass is 9.76. The molecule has 2 aliphatic rings. The molecule has 3 rings (SSSR count). The van der Waals surface area contributed by atoms with Crippen LogP contribution in [0.15, 0.2) is 0 Å². The van der Waals surface area contributed by atoms with Crippen LogP contribution in [-0.4, -0.2) is 18.2 Å². The molecule has 21 heavy (non-hydrogen) atoms. The van der Waals surface area contributed by atoms with Crippen LogP contribution in [0.5, 0.6) is 0 Å². The van der Waals surface area contributed by atoms with Gasteiger partial charge in [-0.2, -0.15) is 13.2 Å². The number of hydrogen-bond acceptors (Lipinski definition) is 3. The van der Waals surface area contributed by atoms with E-state index in [0.29, 0.717) is 12.8 Å². The Balaban J connectivity index is 1.80. The molecule has 1 fully saturated rings. The summed E-state index contributed by atoms with van der Waals surface area (Å²) in [6, 6.07) is 0. The Kier molecular flexibility index (Phi) is 4.03. The van der Waals surface area contributed by atoms with Crippen LogP contribution < -0.4 is 5.32 Å². The van der Waals surface area contributed by atoms with Gasteiger partial charge in [0.05, 0.1) is 17.2 Å². The van der Waals surface area contributed by atoms with Crippen LogP contribution in [0, 0.1) is 5.92 Å². The van der Waals surface area contributed by atoms with Crippen molar-refractivity contribution in [3.8, 4) is 0 Å². The fraction of sp³-hybridized carbons (Fsp3) is 0.800. The molecule has 0 atom stereocenters. The Bertz CT molecular complexity index is 478. The van der Waals surface area contributed by atoms with Crippen molar-refractivity contribution >= 4 is 11.3 Å². The summed E-state index contributed by atoms with van der Waals surface area (Å²) >= 11 is 1.72. The van der Waals surface area contributed by atoms with Crippen molar-refractivity contribution in [3.63, 3.8) is 0 Å². The third-order valence-corrected chi connectivity index (χ3v) is 6.40. The van der Waals surface area contributed by atoms with Crippen LogP contribution in [0.1, 0.15) is 54.1 Å². The van der Waals surface area contributed by atoms with Gasteiger partial charge in [0.15, 0.2) is 0 Å². The first kappa shape index (κ1) is 15.3. The minimum absolute atomic E-state index is 0.203. The van der Waals surface area contributed by atoms with Crippen LogP contribution in [0.3, 0.4) is 0 Å². The zero-order valence-electron chi connectivity index (χ0n) is 12.2. The smallest absolute Gasteiger partial charge is 0.308 e. The van der Waals surface area contributed by atoms with Gasteiger partial charge in [-0.3, -0.25) is 0 Å². The molecule has 1 aromatic rings. The SMILES string of the molecule is CNC1(c2nc3c(s2)CCCC3)CCC(C(F)(F)F)CC1. The van der Waals surface area contributed by atoms with E-state index in [1.165, 1.54) is 23.4 Å². The fourth-order valence-corrected chi connectivity index (χ4v) is 4.97. The Hall–Kier alpha value is -0.620. The molecular formula is C15H21F3N2S. The molecule has 0 aliphatic heterocycles. The summed E-state index contributed by atoms with van der Waals surface area (Å²) in [5.74, 6) is -1.14. The molecule has 1 saturated carbocycles. The lowest BCUT2D eigenvalue weighted by Crippen LogP contribution is -2.45. The second kappa shape index (κ2) is 5.54. The van der Waals surface area contributed by atoms with E-state index in [1.54, 1.807) is 11.3 Å². The number of alkyl halides is 3. The molecule has 0 saturated heterocycles. The highest BCUT2D eigenvalue weighted by Crippen LogP contribution is 2.46. The highest BCUT2D eigenvalue weighted by atomic mass is 32.1. The molecule has 0 spiro atoms. The van der Waals surface area contributed by atoms with Crippen molar-refractivity contribution in [1.82, 2.24) is 10.3 Å². The van der Waals surface area contributed by atoms with Crippen molar-refractivity contribution in [1.29, 1.82) is 0 Å². The van der Waals surface area contributed by atoms with Crippen LogP contribution in [0.2, 0.25) is 0 Å². The highest BCUT2D eigenvalue weighted by Gasteiger charge is 2.47. The topological polar surface area (TPSA) is 24.9 Å². The fourth-order valence-electron chi connectivity index (χ4n) is 3.57. The van der Waals surface area contributed by atoms with E-state index < -0.39 is 12.1 Å². The minimum atomic E-state index is -4.05. The van der Waals surface area contributed by atoms with Crippen LogP contribution >= 0.6 is 11.3 Å². The zero-order valence-corrected chi connectivity index (χ0v) is 13.0. The van der Waals surface area contributed by atoms with Gasteiger partial charge >= 0.3 is 6.18 Å². The maximum atomic E-state index is 12.9. The lowest BCUT2D eigenvalue weighted by molar-refractivity contribution is -0.185. The van der Waals surface area contributed by atoms with Crippen molar-refractivity contribution in [2.24, 2.45) is 5.92 Å². The van der Waals surface area contributed by atoms with Gasteiger partial charge in [0, 0.05) is 4.88 Å². The van der Waals surface area contributed by atoms with Gasteiger partial charge in [-0.25, -0.2) is 4.98 Å². The maximum Gasteiger partial charge on any atom is 0.391 e. The molecule has 6 heteroatoms. The number of hydrogen-bond donors (Lipinski definition) is 1. The first-order chi connectivity index (χ1) is 9.94. The van der Waals surface area contributed by atoms with E-state index in [4.69, 9.17) is 4.98 Å². The maximum absolute atomic E-state index is 12.9. The summed E-state index contributed by atoms with van der Waals surface area (Å²) in [6.07, 6.45) is 1.90. The Morgan fingerprint density at radius 2 is 1.86 bits per heavy atom. The van der Waals surface area contributed by atoms with E-state index >= 15 is 0 Å². The van der Waals surface area contributed by atoms with E-state index in [1.807, 2.05) is 7.05 Å².